The molecular formula is C25H23N3O3. The molecule has 2 N–H and O–H groups in total. The summed E-state index contributed by atoms with van der Waals surface area (Å²) in [4.78, 5) is 25.7. The molecule has 0 saturated carbocycles. The lowest BCUT2D eigenvalue weighted by Gasteiger charge is -2.30. The second kappa shape index (κ2) is 6.94. The van der Waals surface area contributed by atoms with Gasteiger partial charge in [0.2, 0.25) is 0 Å². The number of aromatic amines is 1. The van der Waals surface area contributed by atoms with Crippen molar-refractivity contribution < 1.29 is 14.6 Å². The van der Waals surface area contributed by atoms with Crippen LogP contribution in [0.2, 0.25) is 0 Å². The molecule has 1 aliphatic carbocycles. The fourth-order valence-corrected chi connectivity index (χ4v) is 4.51. The van der Waals surface area contributed by atoms with E-state index in [1.54, 1.807) is 19.5 Å². The van der Waals surface area contributed by atoms with Gasteiger partial charge in [-0.25, -0.2) is 0 Å². The highest BCUT2D eigenvalue weighted by atomic mass is 16.5. The summed E-state index contributed by atoms with van der Waals surface area (Å²) in [5, 5.41) is 11.8. The number of ether oxygens (including phenoxy) is 1. The summed E-state index contributed by atoms with van der Waals surface area (Å²) in [6, 6.07) is 11.5. The minimum Gasteiger partial charge on any atom is -0.512 e. The van der Waals surface area contributed by atoms with E-state index in [1.807, 2.05) is 50.2 Å². The quantitative estimate of drug-likeness (QED) is 0.467. The highest BCUT2D eigenvalue weighted by Gasteiger charge is 2.36. The highest BCUT2D eigenvalue weighted by Crippen LogP contribution is 2.45. The van der Waals surface area contributed by atoms with Gasteiger partial charge in [0.15, 0.2) is 5.78 Å². The van der Waals surface area contributed by atoms with Crippen molar-refractivity contribution in [3.05, 3.63) is 60.1 Å². The molecule has 6 heteroatoms. The largest absolute Gasteiger partial charge is 0.512 e. The Bertz CT molecular complexity index is 1360. The van der Waals surface area contributed by atoms with Crippen LogP contribution in [-0.4, -0.2) is 33.0 Å². The number of carbonyl (C=O) groups excluding carboxylic acids is 1. The number of fused-ring (bicyclic) bond motifs is 3. The lowest BCUT2D eigenvalue weighted by atomic mass is 9.74. The van der Waals surface area contributed by atoms with Gasteiger partial charge in [0.05, 0.1) is 29.4 Å². The van der Waals surface area contributed by atoms with Crippen LogP contribution in [0.15, 0.2) is 54.6 Å². The molecule has 0 saturated heterocycles. The molecule has 5 rings (SSSR count). The molecule has 0 amide bonds. The summed E-state index contributed by atoms with van der Waals surface area (Å²) in [5.74, 6) is 0.804. The zero-order chi connectivity index (χ0) is 21.8. The lowest BCUT2D eigenvalue weighted by molar-refractivity contribution is -0.116. The first-order valence-electron chi connectivity index (χ1n) is 10.2. The van der Waals surface area contributed by atoms with E-state index in [4.69, 9.17) is 4.74 Å². The maximum absolute atomic E-state index is 13.3. The third-order valence-electron chi connectivity index (χ3n) is 5.88. The molecule has 2 heterocycles. The van der Waals surface area contributed by atoms with Gasteiger partial charge in [-0.2, -0.15) is 0 Å². The van der Waals surface area contributed by atoms with Gasteiger partial charge in [-0.3, -0.25) is 14.8 Å². The molecule has 0 bridgehead atoms. The summed E-state index contributed by atoms with van der Waals surface area (Å²) >= 11 is 0. The van der Waals surface area contributed by atoms with E-state index in [0.29, 0.717) is 29.5 Å². The number of H-pyrrole nitrogens is 1. The van der Waals surface area contributed by atoms with Crippen LogP contribution >= 0.6 is 0 Å². The second-order valence-electron chi connectivity index (χ2n) is 8.78. The number of methoxy groups -OCH3 is 1. The normalized spacial score (nSPS) is 16.3. The Balaban J connectivity index is 1.88. The summed E-state index contributed by atoms with van der Waals surface area (Å²) in [6.45, 7) is 4.00. The fourth-order valence-electron chi connectivity index (χ4n) is 4.51. The number of carbonyl (C=O) groups is 1. The van der Waals surface area contributed by atoms with Crippen LogP contribution < -0.4 is 4.74 Å². The Morgan fingerprint density at radius 3 is 2.48 bits per heavy atom. The van der Waals surface area contributed by atoms with Crippen LogP contribution in [0.5, 0.6) is 5.75 Å². The first-order valence-corrected chi connectivity index (χ1v) is 10.2. The zero-order valence-electron chi connectivity index (χ0n) is 17.7. The van der Waals surface area contributed by atoms with E-state index in [-0.39, 0.29) is 17.0 Å². The number of aromatic nitrogens is 3. The number of hydrogen-bond donors (Lipinski definition) is 2. The molecule has 156 valence electrons. The van der Waals surface area contributed by atoms with Crippen molar-refractivity contribution in [2.24, 2.45) is 5.41 Å². The molecule has 6 nitrogen and oxygen atoms in total. The van der Waals surface area contributed by atoms with Crippen LogP contribution in [0.4, 0.5) is 0 Å². The first-order chi connectivity index (χ1) is 14.9. The van der Waals surface area contributed by atoms with Gasteiger partial charge in [0, 0.05) is 41.7 Å². The minimum absolute atomic E-state index is 0.0645. The Morgan fingerprint density at radius 1 is 1.03 bits per heavy atom. The Morgan fingerprint density at radius 2 is 1.77 bits per heavy atom. The van der Waals surface area contributed by atoms with Crippen molar-refractivity contribution in [3.63, 3.8) is 0 Å². The van der Waals surface area contributed by atoms with E-state index in [0.717, 1.165) is 33.4 Å². The molecule has 0 spiro atoms. The maximum atomic E-state index is 13.3. The number of aliphatic hydroxyl groups excluding tert-OH is 1. The molecule has 4 aromatic rings. The molecule has 31 heavy (non-hydrogen) atoms. The molecule has 0 unspecified atom stereocenters. The van der Waals surface area contributed by atoms with E-state index >= 15 is 0 Å². The Labute approximate surface area is 179 Å². The summed E-state index contributed by atoms with van der Waals surface area (Å²) < 4.78 is 5.29. The Kier molecular flexibility index (Phi) is 4.32. The van der Waals surface area contributed by atoms with Crippen LogP contribution in [0.25, 0.3) is 38.8 Å². The van der Waals surface area contributed by atoms with E-state index < -0.39 is 0 Å². The van der Waals surface area contributed by atoms with Gasteiger partial charge >= 0.3 is 0 Å². The third-order valence-corrected chi connectivity index (χ3v) is 5.88. The number of Topliss-reactive ketones (excluding diaryl/α,β-unsaturated/α-hetero) is 1. The Hall–Kier alpha value is -3.67. The van der Waals surface area contributed by atoms with Crippen LogP contribution in [0, 0.1) is 5.41 Å². The molecule has 2 aromatic heterocycles. The van der Waals surface area contributed by atoms with Gasteiger partial charge in [-0.1, -0.05) is 13.8 Å². The zero-order valence-corrected chi connectivity index (χ0v) is 17.7. The lowest BCUT2D eigenvalue weighted by Crippen LogP contribution is -2.25. The smallest absolute Gasteiger partial charge is 0.167 e. The number of nitrogens with one attached hydrogen (secondary N) is 1. The molecule has 0 radical (unpaired) electrons. The van der Waals surface area contributed by atoms with Gasteiger partial charge < -0.3 is 14.8 Å². The molecule has 0 aliphatic heterocycles. The molecule has 2 aromatic carbocycles. The molecule has 1 aliphatic rings. The predicted octanol–water partition coefficient (Wildman–Crippen LogP) is 5.44. The van der Waals surface area contributed by atoms with Crippen molar-refractivity contribution in [2.45, 2.75) is 26.7 Å². The van der Waals surface area contributed by atoms with Gasteiger partial charge in [0.25, 0.3) is 0 Å². The van der Waals surface area contributed by atoms with Gasteiger partial charge in [-0.05, 0) is 47.4 Å². The summed E-state index contributed by atoms with van der Waals surface area (Å²) in [7, 11) is 1.62. The predicted molar refractivity (Wildman–Crippen MR) is 121 cm³/mol. The van der Waals surface area contributed by atoms with Crippen molar-refractivity contribution >= 4 is 33.3 Å². The number of nitrogens with zero attached hydrogens (tertiary/aromatic N) is 2. The molecular weight excluding hydrogens is 390 g/mol. The monoisotopic (exact) mass is 413 g/mol. The summed E-state index contributed by atoms with van der Waals surface area (Å²) in [6.07, 6.45) is 4.11. The van der Waals surface area contributed by atoms with Crippen molar-refractivity contribution in [1.82, 2.24) is 15.0 Å². The average molecular weight is 413 g/mol. The second-order valence-corrected chi connectivity index (χ2v) is 8.78. The van der Waals surface area contributed by atoms with Crippen LogP contribution in [0.3, 0.4) is 0 Å². The average Bonchev–Trinajstić information content (AvgIpc) is 3.12. The number of benzene rings is 2. The van der Waals surface area contributed by atoms with Crippen LogP contribution in [0.1, 0.15) is 32.3 Å². The number of allylic oxidation sites excluding steroid dienone is 2. The first kappa shape index (κ1) is 19.3. The minimum atomic E-state index is -0.279. The van der Waals surface area contributed by atoms with E-state index in [2.05, 4.69) is 15.0 Å². The van der Waals surface area contributed by atoms with Crippen molar-refractivity contribution in [1.29, 1.82) is 0 Å². The number of rotatable bonds is 3. The summed E-state index contributed by atoms with van der Waals surface area (Å²) in [5.41, 5.74) is 4.71. The topological polar surface area (TPSA) is 88.1 Å². The SMILES string of the molecule is COc1ccc(-c2[nH]c3ccc4nccnc4c3c2C2=C(O)CC(C)(C)CC2=O)cc1. The maximum Gasteiger partial charge on any atom is 0.167 e. The van der Waals surface area contributed by atoms with Crippen molar-refractivity contribution in [2.75, 3.05) is 7.11 Å². The molecule has 0 fully saturated rings. The van der Waals surface area contributed by atoms with Gasteiger partial charge in [-0.15, -0.1) is 0 Å². The van der Waals surface area contributed by atoms with Crippen molar-refractivity contribution in [3.8, 4) is 17.0 Å². The van der Waals surface area contributed by atoms with E-state index in [9.17, 15) is 9.90 Å². The van der Waals surface area contributed by atoms with E-state index in [1.165, 1.54) is 0 Å². The molecule has 0 atom stereocenters. The fraction of sp³-hybridized carbons (Fsp3) is 0.240. The highest BCUT2D eigenvalue weighted by molar-refractivity contribution is 6.29. The third kappa shape index (κ3) is 3.15. The van der Waals surface area contributed by atoms with Crippen LogP contribution in [-0.2, 0) is 4.79 Å². The number of hydrogen-bond acceptors (Lipinski definition) is 5. The van der Waals surface area contributed by atoms with Gasteiger partial charge in [0.1, 0.15) is 11.5 Å². The number of ketones is 1. The standard InChI is InChI=1S/C25H23N3O3/c1-25(2)12-18(29)21(19(30)13-25)22-20-16(8-9-17-24(20)27-11-10-26-17)28-23(22)14-4-6-15(31-3)7-5-14/h4-11,28-29H,12-13H2,1-3H3. The number of aliphatic hydroxyl groups is 1.